The molecule has 7 heteroatoms. The van der Waals surface area contributed by atoms with Gasteiger partial charge in [-0.1, -0.05) is 48.9 Å². The zero-order chi connectivity index (χ0) is 23.3. The normalized spacial score (nSPS) is 14.0. The standard InChI is InChI=1S/C27H26FN5O/c28-21-13-15-22(16-14-21)30-27(34)25(19-8-3-1-4-9-19)29-23-11-7-10-20(18-23)26-32-31-24-12-5-2-6-17-33(24)26/h1,3-4,7-11,13-16,18,25,29H,2,5-6,12,17H2,(H,30,34)/t25-/m1/s1. The first-order valence-corrected chi connectivity index (χ1v) is 11.6. The number of aryl methyl sites for hydroxylation is 1. The number of amides is 1. The Morgan fingerprint density at radius 3 is 2.53 bits per heavy atom. The number of hydrogen-bond acceptors (Lipinski definition) is 4. The third kappa shape index (κ3) is 4.83. The van der Waals surface area contributed by atoms with Gasteiger partial charge in [0.15, 0.2) is 5.82 Å². The highest BCUT2D eigenvalue weighted by atomic mass is 19.1. The van der Waals surface area contributed by atoms with Gasteiger partial charge in [0.05, 0.1) is 0 Å². The quantitative estimate of drug-likeness (QED) is 0.397. The van der Waals surface area contributed by atoms with Crippen LogP contribution in [0.2, 0.25) is 0 Å². The van der Waals surface area contributed by atoms with Crippen molar-refractivity contribution in [3.05, 3.63) is 96.1 Å². The summed E-state index contributed by atoms with van der Waals surface area (Å²) in [5.74, 6) is 1.30. The Balaban J connectivity index is 1.42. The Morgan fingerprint density at radius 2 is 1.71 bits per heavy atom. The van der Waals surface area contributed by atoms with Crippen LogP contribution in [0.5, 0.6) is 0 Å². The van der Waals surface area contributed by atoms with Crippen LogP contribution in [-0.2, 0) is 17.8 Å². The number of carbonyl (C=O) groups excluding carboxylic acids is 1. The predicted octanol–water partition coefficient (Wildman–Crippen LogP) is 5.60. The van der Waals surface area contributed by atoms with E-state index in [1.54, 1.807) is 12.1 Å². The average molecular weight is 456 g/mol. The van der Waals surface area contributed by atoms with E-state index in [1.807, 2.05) is 54.6 Å². The van der Waals surface area contributed by atoms with Gasteiger partial charge in [-0.15, -0.1) is 10.2 Å². The number of anilines is 2. The van der Waals surface area contributed by atoms with Crippen molar-refractivity contribution in [2.24, 2.45) is 0 Å². The smallest absolute Gasteiger partial charge is 0.251 e. The van der Waals surface area contributed by atoms with Crippen LogP contribution in [0.4, 0.5) is 15.8 Å². The molecule has 3 aromatic carbocycles. The van der Waals surface area contributed by atoms with Crippen molar-refractivity contribution in [3.8, 4) is 11.4 Å². The molecule has 0 bridgehead atoms. The maximum absolute atomic E-state index is 13.3. The second kappa shape index (κ2) is 9.87. The summed E-state index contributed by atoms with van der Waals surface area (Å²) >= 11 is 0. The molecule has 1 aliphatic rings. The van der Waals surface area contributed by atoms with Crippen molar-refractivity contribution in [3.63, 3.8) is 0 Å². The van der Waals surface area contributed by atoms with Gasteiger partial charge in [0.25, 0.3) is 5.91 Å². The highest BCUT2D eigenvalue weighted by Crippen LogP contribution is 2.27. The van der Waals surface area contributed by atoms with Gasteiger partial charge in [-0.25, -0.2) is 4.39 Å². The van der Waals surface area contributed by atoms with Crippen molar-refractivity contribution >= 4 is 17.3 Å². The topological polar surface area (TPSA) is 71.8 Å². The first kappa shape index (κ1) is 21.8. The van der Waals surface area contributed by atoms with E-state index in [0.717, 1.165) is 54.3 Å². The monoisotopic (exact) mass is 455 g/mol. The summed E-state index contributed by atoms with van der Waals surface area (Å²) in [6.45, 7) is 0.919. The first-order valence-electron chi connectivity index (χ1n) is 11.6. The van der Waals surface area contributed by atoms with Gasteiger partial charge in [0.1, 0.15) is 17.7 Å². The SMILES string of the molecule is O=C(Nc1ccc(F)cc1)[C@H](Nc1cccc(-c2nnc3n2CCCCC3)c1)c1ccccc1. The van der Waals surface area contributed by atoms with Gasteiger partial charge in [-0.05, 0) is 54.8 Å². The first-order chi connectivity index (χ1) is 16.7. The molecule has 0 fully saturated rings. The fourth-order valence-corrected chi connectivity index (χ4v) is 4.31. The van der Waals surface area contributed by atoms with Crippen molar-refractivity contribution in [2.45, 2.75) is 38.3 Å². The molecule has 5 rings (SSSR count). The zero-order valence-corrected chi connectivity index (χ0v) is 18.7. The molecule has 1 amide bonds. The molecule has 0 saturated carbocycles. The molecular weight excluding hydrogens is 429 g/mol. The summed E-state index contributed by atoms with van der Waals surface area (Å²) in [4.78, 5) is 13.3. The van der Waals surface area contributed by atoms with E-state index < -0.39 is 6.04 Å². The minimum absolute atomic E-state index is 0.237. The number of carbonyl (C=O) groups is 1. The summed E-state index contributed by atoms with van der Waals surface area (Å²) in [7, 11) is 0. The number of halogens is 1. The molecule has 172 valence electrons. The van der Waals surface area contributed by atoms with E-state index in [1.165, 1.54) is 18.6 Å². The molecule has 6 nitrogen and oxygen atoms in total. The van der Waals surface area contributed by atoms with E-state index >= 15 is 0 Å². The Kier molecular flexibility index (Phi) is 6.33. The Bertz CT molecular complexity index is 1270. The lowest BCUT2D eigenvalue weighted by atomic mass is 10.0. The van der Waals surface area contributed by atoms with Crippen LogP contribution < -0.4 is 10.6 Å². The number of rotatable bonds is 6. The number of aromatic nitrogens is 3. The third-order valence-corrected chi connectivity index (χ3v) is 6.05. The van der Waals surface area contributed by atoms with Gasteiger partial charge in [0.2, 0.25) is 0 Å². The molecule has 1 aliphatic heterocycles. The van der Waals surface area contributed by atoms with Gasteiger partial charge >= 0.3 is 0 Å². The van der Waals surface area contributed by atoms with E-state index in [0.29, 0.717) is 5.69 Å². The number of nitrogens with one attached hydrogen (secondary N) is 2. The van der Waals surface area contributed by atoms with Gasteiger partial charge in [0, 0.05) is 29.9 Å². The van der Waals surface area contributed by atoms with Crippen molar-refractivity contribution in [1.29, 1.82) is 0 Å². The van der Waals surface area contributed by atoms with Gasteiger partial charge < -0.3 is 15.2 Å². The molecule has 0 radical (unpaired) electrons. The molecule has 2 N–H and O–H groups in total. The van der Waals surface area contributed by atoms with Gasteiger partial charge in [-0.2, -0.15) is 0 Å². The Morgan fingerprint density at radius 1 is 0.882 bits per heavy atom. The summed E-state index contributed by atoms with van der Waals surface area (Å²) in [6, 6.07) is 22.5. The fraction of sp³-hybridized carbons (Fsp3) is 0.222. The van der Waals surface area contributed by atoms with Crippen molar-refractivity contribution < 1.29 is 9.18 Å². The largest absolute Gasteiger partial charge is 0.370 e. The van der Waals surface area contributed by atoms with Crippen LogP contribution in [0, 0.1) is 5.82 Å². The van der Waals surface area contributed by atoms with Gasteiger partial charge in [-0.3, -0.25) is 4.79 Å². The molecule has 1 atom stereocenters. The van der Waals surface area contributed by atoms with Crippen LogP contribution in [0.25, 0.3) is 11.4 Å². The fourth-order valence-electron chi connectivity index (χ4n) is 4.31. The zero-order valence-electron chi connectivity index (χ0n) is 18.7. The molecule has 4 aromatic rings. The minimum Gasteiger partial charge on any atom is -0.370 e. The van der Waals surface area contributed by atoms with E-state index in [4.69, 9.17) is 0 Å². The van der Waals surface area contributed by atoms with E-state index in [2.05, 4.69) is 25.4 Å². The highest BCUT2D eigenvalue weighted by molar-refractivity contribution is 5.97. The lowest BCUT2D eigenvalue weighted by Crippen LogP contribution is -2.27. The van der Waals surface area contributed by atoms with Crippen LogP contribution in [0.15, 0.2) is 78.9 Å². The maximum Gasteiger partial charge on any atom is 0.251 e. The number of hydrogen-bond donors (Lipinski definition) is 2. The molecule has 0 spiro atoms. The van der Waals surface area contributed by atoms with Crippen LogP contribution in [0.1, 0.15) is 36.7 Å². The Hall–Kier alpha value is -4.00. The highest BCUT2D eigenvalue weighted by Gasteiger charge is 2.22. The number of fused-ring (bicyclic) bond motifs is 1. The summed E-state index contributed by atoms with van der Waals surface area (Å²) in [6.07, 6.45) is 4.41. The molecule has 0 saturated heterocycles. The van der Waals surface area contributed by atoms with Crippen LogP contribution in [-0.4, -0.2) is 20.7 Å². The van der Waals surface area contributed by atoms with E-state index in [-0.39, 0.29) is 11.7 Å². The summed E-state index contributed by atoms with van der Waals surface area (Å²) in [5.41, 5.74) is 3.11. The lowest BCUT2D eigenvalue weighted by Gasteiger charge is -2.20. The summed E-state index contributed by atoms with van der Waals surface area (Å²) in [5, 5.41) is 15.1. The summed E-state index contributed by atoms with van der Waals surface area (Å²) < 4.78 is 15.5. The molecule has 34 heavy (non-hydrogen) atoms. The van der Waals surface area contributed by atoms with Crippen LogP contribution >= 0.6 is 0 Å². The molecule has 0 unspecified atom stereocenters. The molecular formula is C27H26FN5O. The Labute approximate surface area is 197 Å². The molecule has 0 aliphatic carbocycles. The second-order valence-electron chi connectivity index (χ2n) is 8.47. The number of nitrogens with zero attached hydrogens (tertiary/aromatic N) is 3. The molecule has 1 aromatic heterocycles. The maximum atomic E-state index is 13.3. The average Bonchev–Trinajstić information content (AvgIpc) is 3.12. The van der Waals surface area contributed by atoms with Crippen LogP contribution in [0.3, 0.4) is 0 Å². The predicted molar refractivity (Wildman–Crippen MR) is 131 cm³/mol. The lowest BCUT2D eigenvalue weighted by molar-refractivity contribution is -0.117. The minimum atomic E-state index is -0.642. The number of benzene rings is 3. The van der Waals surface area contributed by atoms with Crippen molar-refractivity contribution in [2.75, 3.05) is 10.6 Å². The molecule has 2 heterocycles. The second-order valence-corrected chi connectivity index (χ2v) is 8.47. The van der Waals surface area contributed by atoms with E-state index in [9.17, 15) is 9.18 Å². The third-order valence-electron chi connectivity index (χ3n) is 6.05. The van der Waals surface area contributed by atoms with Crippen molar-refractivity contribution in [1.82, 2.24) is 14.8 Å².